The van der Waals surface area contributed by atoms with Crippen molar-refractivity contribution in [2.45, 2.75) is 31.3 Å². The van der Waals surface area contributed by atoms with Gasteiger partial charge in [-0.25, -0.2) is 4.79 Å². The Morgan fingerprint density at radius 1 is 1.30 bits per heavy atom. The molecule has 3 N–H and O–H groups in total. The summed E-state index contributed by atoms with van der Waals surface area (Å²) in [4.78, 5) is 15.8. The minimum atomic E-state index is -0.932. The van der Waals surface area contributed by atoms with Gasteiger partial charge in [0.25, 0.3) is 0 Å². The van der Waals surface area contributed by atoms with Crippen LogP contribution in [0.15, 0.2) is 18.2 Å². The molecule has 0 radical (unpaired) electrons. The normalized spacial score (nSPS) is 26.6. The van der Waals surface area contributed by atoms with E-state index in [0.29, 0.717) is 17.8 Å². The van der Waals surface area contributed by atoms with Crippen LogP contribution in [0.4, 0.5) is 11.4 Å². The third kappa shape index (κ3) is 2.22. The maximum atomic E-state index is 11.0. The molecular weight excluding hydrogens is 254 g/mol. The van der Waals surface area contributed by atoms with E-state index >= 15 is 0 Å². The minimum absolute atomic E-state index is 0.250. The van der Waals surface area contributed by atoms with Gasteiger partial charge in [-0.3, -0.25) is 4.90 Å². The maximum Gasteiger partial charge on any atom is 0.335 e. The van der Waals surface area contributed by atoms with Crippen LogP contribution in [0, 0.1) is 0 Å². The van der Waals surface area contributed by atoms with Crippen LogP contribution in [0.1, 0.15) is 29.6 Å². The van der Waals surface area contributed by atoms with Gasteiger partial charge < -0.3 is 15.7 Å². The molecule has 2 heterocycles. The van der Waals surface area contributed by atoms with Crippen LogP contribution in [-0.2, 0) is 0 Å². The molecule has 5 heteroatoms. The molecule has 3 rings (SSSR count). The molecule has 2 aliphatic heterocycles. The number of hydrogen-bond acceptors (Lipinski definition) is 4. The molecule has 2 unspecified atom stereocenters. The second-order valence-corrected chi connectivity index (χ2v) is 5.86. The van der Waals surface area contributed by atoms with E-state index in [9.17, 15) is 4.79 Å². The van der Waals surface area contributed by atoms with E-state index in [4.69, 9.17) is 10.8 Å². The number of carboxylic acids is 1. The van der Waals surface area contributed by atoms with Crippen molar-refractivity contribution in [1.29, 1.82) is 0 Å². The van der Waals surface area contributed by atoms with Crippen molar-refractivity contribution >= 4 is 17.3 Å². The fourth-order valence-corrected chi connectivity index (χ4v) is 3.50. The summed E-state index contributed by atoms with van der Waals surface area (Å²) in [6.45, 7) is 1.96. The Labute approximate surface area is 119 Å². The Kier molecular flexibility index (Phi) is 3.30. The Morgan fingerprint density at radius 2 is 2.05 bits per heavy atom. The van der Waals surface area contributed by atoms with Crippen LogP contribution in [-0.4, -0.2) is 48.2 Å². The van der Waals surface area contributed by atoms with E-state index in [1.165, 1.54) is 12.8 Å². The maximum absolute atomic E-state index is 11.0. The molecular formula is C15H21N3O2. The SMILES string of the molecule is CN1C2CCC1CN(c1ccc(C(=O)O)cc1N)CC2. The highest BCUT2D eigenvalue weighted by Gasteiger charge is 2.35. The third-order valence-electron chi connectivity index (χ3n) is 4.76. The van der Waals surface area contributed by atoms with Crippen molar-refractivity contribution in [2.24, 2.45) is 0 Å². The van der Waals surface area contributed by atoms with Gasteiger partial charge in [-0.1, -0.05) is 0 Å². The largest absolute Gasteiger partial charge is 0.478 e. The van der Waals surface area contributed by atoms with Crippen LogP contribution < -0.4 is 10.6 Å². The van der Waals surface area contributed by atoms with Crippen LogP contribution in [0.5, 0.6) is 0 Å². The average molecular weight is 275 g/mol. The summed E-state index contributed by atoms with van der Waals surface area (Å²) in [5, 5.41) is 9.00. The van der Waals surface area contributed by atoms with E-state index < -0.39 is 5.97 Å². The molecule has 0 aromatic heterocycles. The van der Waals surface area contributed by atoms with E-state index in [1.54, 1.807) is 12.1 Å². The molecule has 20 heavy (non-hydrogen) atoms. The number of fused-ring (bicyclic) bond motifs is 2. The van der Waals surface area contributed by atoms with E-state index in [0.717, 1.165) is 25.2 Å². The first kappa shape index (κ1) is 13.2. The summed E-state index contributed by atoms with van der Waals surface area (Å²) >= 11 is 0. The van der Waals surface area contributed by atoms with E-state index in [1.807, 2.05) is 6.07 Å². The highest BCUT2D eigenvalue weighted by atomic mass is 16.4. The number of nitrogen functional groups attached to an aromatic ring is 1. The van der Waals surface area contributed by atoms with Crippen LogP contribution in [0.2, 0.25) is 0 Å². The molecule has 2 bridgehead atoms. The van der Waals surface area contributed by atoms with Gasteiger partial charge in [-0.15, -0.1) is 0 Å². The van der Waals surface area contributed by atoms with Crippen LogP contribution in [0.3, 0.4) is 0 Å². The topological polar surface area (TPSA) is 69.8 Å². The van der Waals surface area contributed by atoms with Crippen LogP contribution >= 0.6 is 0 Å². The highest BCUT2D eigenvalue weighted by molar-refractivity contribution is 5.90. The Balaban J connectivity index is 1.84. The molecule has 1 aromatic carbocycles. The number of nitrogens with two attached hydrogens (primary N) is 1. The lowest BCUT2D eigenvalue weighted by molar-refractivity contribution is 0.0697. The van der Waals surface area contributed by atoms with Crippen LogP contribution in [0.25, 0.3) is 0 Å². The third-order valence-corrected chi connectivity index (χ3v) is 4.76. The molecule has 108 valence electrons. The molecule has 0 amide bonds. The fourth-order valence-electron chi connectivity index (χ4n) is 3.50. The molecule has 5 nitrogen and oxygen atoms in total. The zero-order valence-corrected chi connectivity index (χ0v) is 11.7. The zero-order valence-electron chi connectivity index (χ0n) is 11.7. The van der Waals surface area contributed by atoms with Crippen molar-refractivity contribution < 1.29 is 9.90 Å². The first-order valence-corrected chi connectivity index (χ1v) is 7.16. The fraction of sp³-hybridized carbons (Fsp3) is 0.533. The lowest BCUT2D eigenvalue weighted by Gasteiger charge is -2.28. The molecule has 2 saturated heterocycles. The van der Waals surface area contributed by atoms with Gasteiger partial charge in [-0.2, -0.15) is 0 Å². The predicted octanol–water partition coefficient (Wildman–Crippen LogP) is 1.64. The van der Waals surface area contributed by atoms with Gasteiger partial charge in [0.15, 0.2) is 0 Å². The summed E-state index contributed by atoms with van der Waals surface area (Å²) in [5.41, 5.74) is 7.83. The molecule has 2 atom stereocenters. The van der Waals surface area contributed by atoms with Crippen molar-refractivity contribution in [3.63, 3.8) is 0 Å². The summed E-state index contributed by atoms with van der Waals surface area (Å²) < 4.78 is 0. The highest BCUT2D eigenvalue weighted by Crippen LogP contribution is 2.33. The smallest absolute Gasteiger partial charge is 0.335 e. The standard InChI is InChI=1S/C15H21N3O2/c1-17-11-3-4-12(17)9-18(7-6-11)14-5-2-10(15(19)20)8-13(14)16/h2,5,8,11-12H,3-4,6-7,9,16H2,1H3,(H,19,20). The zero-order chi connectivity index (χ0) is 14.3. The number of carbonyl (C=O) groups is 1. The average Bonchev–Trinajstić information content (AvgIpc) is 2.64. The minimum Gasteiger partial charge on any atom is -0.478 e. The molecule has 1 aromatic rings. The number of aromatic carboxylic acids is 1. The molecule has 2 aliphatic rings. The summed E-state index contributed by atoms with van der Waals surface area (Å²) in [7, 11) is 2.21. The number of benzene rings is 1. The Hall–Kier alpha value is -1.75. The van der Waals surface area contributed by atoms with E-state index in [-0.39, 0.29) is 5.56 Å². The molecule has 0 aliphatic carbocycles. The first-order valence-electron chi connectivity index (χ1n) is 7.16. The van der Waals surface area contributed by atoms with Gasteiger partial charge in [0, 0.05) is 25.2 Å². The van der Waals surface area contributed by atoms with Gasteiger partial charge in [0.2, 0.25) is 0 Å². The second kappa shape index (κ2) is 4.98. The van der Waals surface area contributed by atoms with Gasteiger partial charge >= 0.3 is 5.97 Å². The summed E-state index contributed by atoms with van der Waals surface area (Å²) in [6.07, 6.45) is 3.68. The monoisotopic (exact) mass is 275 g/mol. The number of hydrogen-bond donors (Lipinski definition) is 2. The summed E-state index contributed by atoms with van der Waals surface area (Å²) in [6, 6.07) is 6.31. The first-order chi connectivity index (χ1) is 9.56. The second-order valence-electron chi connectivity index (χ2n) is 5.86. The van der Waals surface area contributed by atoms with Crippen molar-refractivity contribution in [3.8, 4) is 0 Å². The number of carboxylic acid groups (broad SMARTS) is 1. The molecule has 0 spiro atoms. The number of nitrogens with zero attached hydrogens (tertiary/aromatic N) is 2. The van der Waals surface area contributed by atoms with Crippen molar-refractivity contribution in [2.75, 3.05) is 30.8 Å². The Morgan fingerprint density at radius 3 is 2.75 bits per heavy atom. The number of rotatable bonds is 2. The summed E-state index contributed by atoms with van der Waals surface area (Å²) in [5.74, 6) is -0.932. The predicted molar refractivity (Wildman–Crippen MR) is 79.2 cm³/mol. The van der Waals surface area contributed by atoms with E-state index in [2.05, 4.69) is 16.8 Å². The van der Waals surface area contributed by atoms with Gasteiger partial charge in [0.1, 0.15) is 0 Å². The number of anilines is 2. The lowest BCUT2D eigenvalue weighted by atomic mass is 10.1. The van der Waals surface area contributed by atoms with Crippen molar-refractivity contribution in [1.82, 2.24) is 4.90 Å². The molecule has 2 fully saturated rings. The number of likely N-dealkylation sites (N-methyl/N-ethyl adjacent to an activating group) is 1. The quantitative estimate of drug-likeness (QED) is 0.803. The van der Waals surface area contributed by atoms with Gasteiger partial charge in [-0.05, 0) is 44.5 Å². The van der Waals surface area contributed by atoms with Gasteiger partial charge in [0.05, 0.1) is 16.9 Å². The molecule has 0 saturated carbocycles. The Bertz CT molecular complexity index is 532. The van der Waals surface area contributed by atoms with Crippen molar-refractivity contribution in [3.05, 3.63) is 23.8 Å². The lowest BCUT2D eigenvalue weighted by Crippen LogP contribution is -2.36.